The third-order valence-corrected chi connectivity index (χ3v) is 4.26. The maximum Gasteiger partial charge on any atom is 0.139 e. The summed E-state index contributed by atoms with van der Waals surface area (Å²) in [7, 11) is 0. The van der Waals surface area contributed by atoms with E-state index >= 15 is 0 Å². The average Bonchev–Trinajstić information content (AvgIpc) is 2.97. The quantitative estimate of drug-likeness (QED) is 0.702. The molecule has 1 saturated heterocycles. The summed E-state index contributed by atoms with van der Waals surface area (Å²) in [6, 6.07) is 4.27. The van der Waals surface area contributed by atoms with Crippen LogP contribution in [0.3, 0.4) is 0 Å². The van der Waals surface area contributed by atoms with Crippen LogP contribution in [0.2, 0.25) is 5.15 Å². The van der Waals surface area contributed by atoms with E-state index in [0.717, 1.165) is 34.2 Å². The number of morpholine rings is 1. The van der Waals surface area contributed by atoms with Gasteiger partial charge in [0.15, 0.2) is 0 Å². The first-order valence-corrected chi connectivity index (χ1v) is 7.39. The summed E-state index contributed by atoms with van der Waals surface area (Å²) in [6.45, 7) is 4.40. The van der Waals surface area contributed by atoms with Gasteiger partial charge >= 0.3 is 0 Å². The Morgan fingerprint density at radius 2 is 2.24 bits per heavy atom. The fourth-order valence-electron chi connectivity index (χ4n) is 2.92. The molecule has 0 amide bonds. The number of aromatic amines is 1. The number of nitrogens with zero attached hydrogens (tertiary/aromatic N) is 3. The number of halogens is 1. The highest BCUT2D eigenvalue weighted by atomic mass is 35.5. The van der Waals surface area contributed by atoms with Crippen LogP contribution in [0.5, 0.6) is 0 Å². The number of anilines is 1. The maximum atomic E-state index is 6.28. The number of aromatic nitrogens is 3. The van der Waals surface area contributed by atoms with Crippen molar-refractivity contribution in [3.8, 4) is 0 Å². The molecular weight excluding hydrogens is 288 g/mol. The Morgan fingerprint density at radius 3 is 3.10 bits per heavy atom. The fraction of sp³-hybridized carbons (Fsp3) is 0.333. The van der Waals surface area contributed by atoms with Gasteiger partial charge in [-0.05, 0) is 19.1 Å². The van der Waals surface area contributed by atoms with Gasteiger partial charge in [-0.25, -0.2) is 4.98 Å². The van der Waals surface area contributed by atoms with Crippen molar-refractivity contribution in [1.29, 1.82) is 0 Å². The number of hydrogen-bond donors (Lipinski definition) is 1. The zero-order valence-corrected chi connectivity index (χ0v) is 12.4. The summed E-state index contributed by atoms with van der Waals surface area (Å²) in [4.78, 5) is 14.6. The van der Waals surface area contributed by atoms with Gasteiger partial charge in [0, 0.05) is 29.7 Å². The van der Waals surface area contributed by atoms with Crippen LogP contribution in [0.25, 0.3) is 21.8 Å². The fourth-order valence-corrected chi connectivity index (χ4v) is 3.13. The van der Waals surface area contributed by atoms with Crippen molar-refractivity contribution in [3.05, 3.63) is 29.7 Å². The van der Waals surface area contributed by atoms with E-state index in [1.165, 1.54) is 0 Å². The number of rotatable bonds is 1. The molecule has 0 spiro atoms. The molecule has 3 aromatic heterocycles. The van der Waals surface area contributed by atoms with Crippen LogP contribution < -0.4 is 4.90 Å². The first-order chi connectivity index (χ1) is 10.3. The van der Waals surface area contributed by atoms with Crippen molar-refractivity contribution < 1.29 is 4.74 Å². The zero-order chi connectivity index (χ0) is 14.4. The Kier molecular flexibility index (Phi) is 2.97. The van der Waals surface area contributed by atoms with E-state index in [-0.39, 0.29) is 6.04 Å². The van der Waals surface area contributed by atoms with Crippen LogP contribution in [-0.2, 0) is 4.74 Å². The predicted molar refractivity (Wildman–Crippen MR) is 84.0 cm³/mol. The minimum Gasteiger partial charge on any atom is -0.377 e. The molecule has 0 bridgehead atoms. The summed E-state index contributed by atoms with van der Waals surface area (Å²) in [6.07, 6.45) is 3.64. The lowest BCUT2D eigenvalue weighted by atomic mass is 10.1. The van der Waals surface area contributed by atoms with Crippen molar-refractivity contribution in [2.45, 2.75) is 13.0 Å². The molecule has 1 atom stereocenters. The molecule has 0 radical (unpaired) electrons. The molecule has 0 aromatic carbocycles. The van der Waals surface area contributed by atoms with E-state index in [9.17, 15) is 0 Å². The van der Waals surface area contributed by atoms with Gasteiger partial charge in [-0.15, -0.1) is 0 Å². The molecule has 1 fully saturated rings. The van der Waals surface area contributed by atoms with Crippen LogP contribution in [0.1, 0.15) is 6.92 Å². The van der Waals surface area contributed by atoms with Crippen LogP contribution in [0.4, 0.5) is 5.82 Å². The van der Waals surface area contributed by atoms with Crippen molar-refractivity contribution in [1.82, 2.24) is 15.0 Å². The first-order valence-electron chi connectivity index (χ1n) is 7.01. The third kappa shape index (κ3) is 1.96. The molecule has 4 rings (SSSR count). The molecule has 0 saturated carbocycles. The van der Waals surface area contributed by atoms with Gasteiger partial charge in [-0.1, -0.05) is 11.6 Å². The lowest BCUT2D eigenvalue weighted by Gasteiger charge is -2.34. The summed E-state index contributed by atoms with van der Waals surface area (Å²) in [5.41, 5.74) is 1.71. The Morgan fingerprint density at radius 1 is 1.33 bits per heavy atom. The van der Waals surface area contributed by atoms with Crippen LogP contribution >= 0.6 is 11.6 Å². The SMILES string of the molecule is C[C@@H]1COCCN1c1nc2c(Cl)[nH]ccc2c2nccc12. The monoisotopic (exact) mass is 302 g/mol. The molecule has 108 valence electrons. The van der Waals surface area contributed by atoms with Crippen LogP contribution in [-0.4, -0.2) is 40.8 Å². The van der Waals surface area contributed by atoms with Gasteiger partial charge in [0.25, 0.3) is 0 Å². The first kappa shape index (κ1) is 12.9. The van der Waals surface area contributed by atoms with E-state index in [1.54, 1.807) is 0 Å². The molecular formula is C15H15ClN4O. The van der Waals surface area contributed by atoms with Gasteiger partial charge in [0.1, 0.15) is 16.5 Å². The van der Waals surface area contributed by atoms with Gasteiger partial charge in [-0.2, -0.15) is 0 Å². The average molecular weight is 303 g/mol. The second-order valence-electron chi connectivity index (χ2n) is 5.31. The summed E-state index contributed by atoms with van der Waals surface area (Å²) < 4.78 is 5.52. The molecule has 1 aliphatic rings. The molecule has 1 aliphatic heterocycles. The van der Waals surface area contributed by atoms with E-state index < -0.39 is 0 Å². The second kappa shape index (κ2) is 4.86. The van der Waals surface area contributed by atoms with Crippen molar-refractivity contribution >= 4 is 39.2 Å². The molecule has 0 aliphatic carbocycles. The Hall–Kier alpha value is -1.85. The Balaban J connectivity index is 2.02. The third-order valence-electron chi connectivity index (χ3n) is 3.98. The minimum atomic E-state index is 0.285. The highest BCUT2D eigenvalue weighted by Gasteiger charge is 2.24. The summed E-state index contributed by atoms with van der Waals surface area (Å²) in [5, 5.41) is 2.58. The molecule has 6 heteroatoms. The normalized spacial score (nSPS) is 19.5. The van der Waals surface area contributed by atoms with Crippen molar-refractivity contribution in [2.24, 2.45) is 0 Å². The van der Waals surface area contributed by atoms with E-state index in [0.29, 0.717) is 18.4 Å². The van der Waals surface area contributed by atoms with Crippen LogP contribution in [0.15, 0.2) is 24.5 Å². The van der Waals surface area contributed by atoms with Gasteiger partial charge in [-0.3, -0.25) is 4.98 Å². The number of fused-ring (bicyclic) bond motifs is 3. The summed E-state index contributed by atoms with van der Waals surface area (Å²) in [5.74, 6) is 0.937. The highest BCUT2D eigenvalue weighted by Crippen LogP contribution is 2.33. The van der Waals surface area contributed by atoms with E-state index in [4.69, 9.17) is 21.3 Å². The number of ether oxygens (including phenoxy) is 1. The minimum absolute atomic E-state index is 0.285. The van der Waals surface area contributed by atoms with E-state index in [1.807, 2.05) is 24.5 Å². The number of hydrogen-bond acceptors (Lipinski definition) is 4. The summed E-state index contributed by atoms with van der Waals surface area (Å²) >= 11 is 6.28. The van der Waals surface area contributed by atoms with Crippen LogP contribution in [0, 0.1) is 0 Å². The molecule has 3 aromatic rings. The lowest BCUT2D eigenvalue weighted by molar-refractivity contribution is 0.0987. The molecule has 1 N–H and O–H groups in total. The number of pyridine rings is 2. The number of H-pyrrole nitrogens is 1. The van der Waals surface area contributed by atoms with Crippen molar-refractivity contribution in [2.75, 3.05) is 24.7 Å². The topological polar surface area (TPSA) is 54.0 Å². The highest BCUT2D eigenvalue weighted by molar-refractivity contribution is 6.34. The molecule has 5 nitrogen and oxygen atoms in total. The predicted octanol–water partition coefficient (Wildman–Crippen LogP) is 2.99. The number of nitrogens with one attached hydrogen (secondary N) is 1. The zero-order valence-electron chi connectivity index (χ0n) is 11.6. The van der Waals surface area contributed by atoms with Gasteiger partial charge in [0.05, 0.1) is 24.8 Å². The maximum absolute atomic E-state index is 6.28. The second-order valence-corrected chi connectivity index (χ2v) is 5.69. The van der Waals surface area contributed by atoms with Gasteiger partial charge < -0.3 is 14.6 Å². The smallest absolute Gasteiger partial charge is 0.139 e. The molecule has 21 heavy (non-hydrogen) atoms. The Bertz CT molecular complexity index is 816. The van der Waals surface area contributed by atoms with Crippen molar-refractivity contribution in [3.63, 3.8) is 0 Å². The standard InChI is InChI=1S/C15H15ClN4O/c1-9-8-21-7-6-20(9)15-11-3-4-17-12(11)10-2-5-18-14(16)13(10)19-15/h2-5,9,18H,6-8H2,1H3/t9-/m1/s1. The largest absolute Gasteiger partial charge is 0.377 e. The van der Waals surface area contributed by atoms with Gasteiger partial charge in [0.2, 0.25) is 0 Å². The van der Waals surface area contributed by atoms with E-state index in [2.05, 4.69) is 21.8 Å². The molecule has 4 heterocycles. The molecule has 0 unspecified atom stereocenters. The Labute approximate surface area is 126 Å². The lowest BCUT2D eigenvalue weighted by Crippen LogP contribution is -2.44.